The van der Waals surface area contributed by atoms with Crippen LogP contribution in [0.4, 0.5) is 0 Å². The second-order valence-corrected chi connectivity index (χ2v) is 6.70. The molecule has 0 radical (unpaired) electrons. The molecule has 8 heteroatoms. The molecule has 0 aliphatic rings. The zero-order valence-corrected chi connectivity index (χ0v) is 16.8. The molecule has 152 valence electrons. The molecule has 0 amide bonds. The van der Waals surface area contributed by atoms with Gasteiger partial charge in [0.05, 0.1) is 6.61 Å². The van der Waals surface area contributed by atoms with E-state index in [1.165, 1.54) is 0 Å². The van der Waals surface area contributed by atoms with Crippen LogP contribution < -0.4 is 4.74 Å². The molecule has 4 rings (SSSR count). The number of hydrogen-bond acceptors (Lipinski definition) is 6. The van der Waals surface area contributed by atoms with Gasteiger partial charge in [0.2, 0.25) is 5.82 Å². The van der Waals surface area contributed by atoms with Crippen molar-refractivity contribution < 1.29 is 4.74 Å². The van der Waals surface area contributed by atoms with Gasteiger partial charge >= 0.3 is 6.01 Å². The van der Waals surface area contributed by atoms with Crippen LogP contribution in [0.5, 0.6) is 6.01 Å². The van der Waals surface area contributed by atoms with E-state index in [0.717, 1.165) is 41.0 Å². The summed E-state index contributed by atoms with van der Waals surface area (Å²) in [4.78, 5) is 4.54. The van der Waals surface area contributed by atoms with Gasteiger partial charge in [0, 0.05) is 18.5 Å². The van der Waals surface area contributed by atoms with E-state index in [9.17, 15) is 0 Å². The average molecular weight is 401 g/mol. The number of tetrazole rings is 1. The van der Waals surface area contributed by atoms with Crippen LogP contribution in [0.1, 0.15) is 24.7 Å². The van der Waals surface area contributed by atoms with Crippen molar-refractivity contribution in [1.82, 2.24) is 35.4 Å². The molecule has 2 aromatic heterocycles. The van der Waals surface area contributed by atoms with Gasteiger partial charge in [-0.25, -0.2) is 4.68 Å². The third-order valence-corrected chi connectivity index (χ3v) is 4.69. The molecule has 0 fully saturated rings. The van der Waals surface area contributed by atoms with Gasteiger partial charge in [0.25, 0.3) is 0 Å². The van der Waals surface area contributed by atoms with Crippen molar-refractivity contribution in [2.75, 3.05) is 6.61 Å². The maximum Gasteiger partial charge on any atom is 0.335 e. The number of hydrogen-bond donors (Lipinski definition) is 1. The number of H-pyrrole nitrogens is 1. The number of rotatable bonds is 9. The average Bonchev–Trinajstić information content (AvgIpc) is 3.44. The van der Waals surface area contributed by atoms with Crippen LogP contribution >= 0.6 is 0 Å². The molecule has 0 saturated heterocycles. The van der Waals surface area contributed by atoms with Crippen molar-refractivity contribution in [3.63, 3.8) is 0 Å². The lowest BCUT2D eigenvalue weighted by Gasteiger charge is -2.08. The molecule has 8 nitrogen and oxygen atoms in total. The molecular formula is C22H23N7O. The maximum atomic E-state index is 5.48. The van der Waals surface area contributed by atoms with Gasteiger partial charge in [-0.3, -0.25) is 0 Å². The van der Waals surface area contributed by atoms with Crippen molar-refractivity contribution in [2.45, 2.75) is 26.3 Å². The highest BCUT2D eigenvalue weighted by atomic mass is 16.5. The maximum absolute atomic E-state index is 5.48. The van der Waals surface area contributed by atoms with E-state index >= 15 is 0 Å². The van der Waals surface area contributed by atoms with Crippen molar-refractivity contribution in [3.8, 4) is 28.5 Å². The highest BCUT2D eigenvalue weighted by molar-refractivity contribution is 5.80. The Kier molecular flexibility index (Phi) is 5.93. The second-order valence-electron chi connectivity index (χ2n) is 6.70. The SMILES string of the molecule is C=CCCn1nc(OCC)nc1Cc1ccc(-c2ccccc2-c2nn[nH]n2)cc1. The number of aryl methyl sites for hydroxylation is 1. The van der Waals surface area contributed by atoms with Crippen LogP contribution in [0.25, 0.3) is 22.5 Å². The van der Waals surface area contributed by atoms with Gasteiger partial charge < -0.3 is 4.74 Å². The van der Waals surface area contributed by atoms with Gasteiger partial charge in [0.15, 0.2) is 0 Å². The van der Waals surface area contributed by atoms with Gasteiger partial charge in [-0.2, -0.15) is 10.2 Å². The molecule has 4 aromatic rings. The lowest BCUT2D eigenvalue weighted by molar-refractivity contribution is 0.310. The first-order valence-corrected chi connectivity index (χ1v) is 9.88. The summed E-state index contributed by atoms with van der Waals surface area (Å²) >= 11 is 0. The Morgan fingerprint density at radius 2 is 1.90 bits per heavy atom. The van der Waals surface area contributed by atoms with Crippen molar-refractivity contribution in [3.05, 3.63) is 72.6 Å². The lowest BCUT2D eigenvalue weighted by atomic mass is 9.98. The monoisotopic (exact) mass is 401 g/mol. The Hall–Kier alpha value is -3.81. The Labute approximate surface area is 174 Å². The predicted octanol–water partition coefficient (Wildman–Crippen LogP) is 3.69. The Morgan fingerprint density at radius 3 is 2.60 bits per heavy atom. The fraction of sp³-hybridized carbons (Fsp3) is 0.227. The first-order valence-electron chi connectivity index (χ1n) is 9.88. The standard InChI is InChI=1S/C22H23N7O/c1-3-5-14-29-20(23-22(26-29)30-4-2)15-16-10-12-17(13-11-16)18-8-6-7-9-19(18)21-24-27-28-25-21/h3,6-13H,1,4-5,14-15H2,2H3,(H,24,25,27,28). The Bertz CT molecular complexity index is 1100. The van der Waals surface area contributed by atoms with E-state index in [1.54, 1.807) is 0 Å². The van der Waals surface area contributed by atoms with Crippen molar-refractivity contribution >= 4 is 0 Å². The molecule has 0 saturated carbocycles. The summed E-state index contributed by atoms with van der Waals surface area (Å²) in [6, 6.07) is 16.9. The molecule has 0 bridgehead atoms. The minimum Gasteiger partial charge on any atom is -0.463 e. The molecule has 0 unspecified atom stereocenters. The van der Waals surface area contributed by atoms with Crippen molar-refractivity contribution in [2.24, 2.45) is 0 Å². The molecule has 30 heavy (non-hydrogen) atoms. The van der Waals surface area contributed by atoms with Gasteiger partial charge in [-0.1, -0.05) is 54.6 Å². The lowest BCUT2D eigenvalue weighted by Crippen LogP contribution is -2.06. The fourth-order valence-corrected chi connectivity index (χ4v) is 3.26. The molecule has 0 aliphatic heterocycles. The van der Waals surface area contributed by atoms with Crippen LogP contribution in [-0.2, 0) is 13.0 Å². The summed E-state index contributed by atoms with van der Waals surface area (Å²) < 4.78 is 7.38. The zero-order chi connectivity index (χ0) is 20.8. The normalized spacial score (nSPS) is 10.8. The minimum absolute atomic E-state index is 0.419. The van der Waals surface area contributed by atoms with Gasteiger partial charge in [-0.05, 0) is 35.2 Å². The van der Waals surface area contributed by atoms with Crippen LogP contribution in [0.2, 0.25) is 0 Å². The topological polar surface area (TPSA) is 94.4 Å². The van der Waals surface area contributed by atoms with E-state index in [4.69, 9.17) is 4.74 Å². The zero-order valence-electron chi connectivity index (χ0n) is 16.8. The van der Waals surface area contributed by atoms with Crippen LogP contribution in [0.15, 0.2) is 61.2 Å². The summed E-state index contributed by atoms with van der Waals surface area (Å²) in [6.45, 7) is 6.99. The largest absolute Gasteiger partial charge is 0.463 e. The van der Waals surface area contributed by atoms with E-state index in [-0.39, 0.29) is 0 Å². The second kappa shape index (κ2) is 9.13. The summed E-state index contributed by atoms with van der Waals surface area (Å²) in [5.41, 5.74) is 4.22. The van der Waals surface area contributed by atoms with Gasteiger partial charge in [0.1, 0.15) is 5.82 Å². The molecule has 0 spiro atoms. The minimum atomic E-state index is 0.419. The number of allylic oxidation sites excluding steroid dienone is 1. The Balaban J connectivity index is 1.58. The van der Waals surface area contributed by atoms with E-state index in [1.807, 2.05) is 35.9 Å². The number of nitrogens with zero attached hydrogens (tertiary/aromatic N) is 6. The predicted molar refractivity (Wildman–Crippen MR) is 114 cm³/mol. The van der Waals surface area contributed by atoms with Gasteiger partial charge in [-0.15, -0.1) is 21.9 Å². The highest BCUT2D eigenvalue weighted by Gasteiger charge is 2.13. The number of aromatic amines is 1. The summed E-state index contributed by atoms with van der Waals surface area (Å²) in [7, 11) is 0. The fourth-order valence-electron chi connectivity index (χ4n) is 3.26. The van der Waals surface area contributed by atoms with Crippen LogP contribution in [0.3, 0.4) is 0 Å². The molecule has 2 aromatic carbocycles. The Morgan fingerprint density at radius 1 is 1.10 bits per heavy atom. The van der Waals surface area contributed by atoms with E-state index in [2.05, 4.69) is 67.6 Å². The smallest absolute Gasteiger partial charge is 0.335 e. The van der Waals surface area contributed by atoms with Crippen molar-refractivity contribution in [1.29, 1.82) is 0 Å². The summed E-state index contributed by atoms with van der Waals surface area (Å²) in [6.07, 6.45) is 3.37. The first kappa shape index (κ1) is 19.5. The molecule has 1 N–H and O–H groups in total. The molecule has 0 aliphatic carbocycles. The summed E-state index contributed by atoms with van der Waals surface area (Å²) in [5, 5.41) is 18.9. The number of ether oxygens (including phenoxy) is 1. The third-order valence-electron chi connectivity index (χ3n) is 4.69. The molecular weight excluding hydrogens is 378 g/mol. The van der Waals surface area contributed by atoms with E-state index < -0.39 is 0 Å². The first-order chi connectivity index (χ1) is 14.8. The summed E-state index contributed by atoms with van der Waals surface area (Å²) in [5.74, 6) is 1.45. The third kappa shape index (κ3) is 4.27. The molecule has 2 heterocycles. The van der Waals surface area contributed by atoms with E-state index in [0.29, 0.717) is 24.9 Å². The quantitative estimate of drug-likeness (QED) is 0.430. The van der Waals surface area contributed by atoms with Crippen LogP contribution in [0, 0.1) is 0 Å². The number of benzene rings is 2. The number of aromatic nitrogens is 7. The highest BCUT2D eigenvalue weighted by Crippen LogP contribution is 2.30. The number of nitrogens with one attached hydrogen (secondary N) is 1. The molecule has 0 atom stereocenters. The van der Waals surface area contributed by atoms with Crippen LogP contribution in [-0.4, -0.2) is 42.0 Å².